The number of amides is 1. The summed E-state index contributed by atoms with van der Waals surface area (Å²) >= 11 is 1.65. The molecule has 1 fully saturated rings. The topological polar surface area (TPSA) is 110 Å². The van der Waals surface area contributed by atoms with Crippen LogP contribution in [0.15, 0.2) is 11.6 Å². The fourth-order valence-electron chi connectivity index (χ4n) is 3.01. The Kier molecular flexibility index (Phi) is 5.75. The number of nitrogens with zero attached hydrogens (tertiary/aromatic N) is 4. The molecule has 2 aromatic heterocycles. The van der Waals surface area contributed by atoms with Gasteiger partial charge in [-0.3, -0.25) is 4.79 Å². The molecule has 0 bridgehead atoms. The fraction of sp³-hybridized carbons (Fsp3) is 0.562. The number of carbonyl (C=O) groups is 2. The number of carboxylic acid groups (broad SMARTS) is 1. The highest BCUT2D eigenvalue weighted by Crippen LogP contribution is 2.33. The lowest BCUT2D eigenvalue weighted by molar-refractivity contribution is -0.121. The van der Waals surface area contributed by atoms with Crippen LogP contribution in [0.4, 0.5) is 0 Å². The Morgan fingerprint density at radius 2 is 2.12 bits per heavy atom. The van der Waals surface area contributed by atoms with Crippen LogP contribution in [-0.2, 0) is 17.8 Å². The van der Waals surface area contributed by atoms with Gasteiger partial charge in [0.2, 0.25) is 5.91 Å². The van der Waals surface area contributed by atoms with Gasteiger partial charge < -0.3 is 10.4 Å². The van der Waals surface area contributed by atoms with Crippen LogP contribution in [-0.4, -0.2) is 43.5 Å². The zero-order valence-electron chi connectivity index (χ0n) is 13.8. The van der Waals surface area contributed by atoms with Crippen molar-refractivity contribution in [3.05, 3.63) is 28.0 Å². The third-order valence-electron chi connectivity index (χ3n) is 4.32. The smallest absolute Gasteiger partial charge is 0.358 e. The van der Waals surface area contributed by atoms with E-state index in [1.54, 1.807) is 11.3 Å². The van der Waals surface area contributed by atoms with Crippen LogP contribution in [0.5, 0.6) is 0 Å². The van der Waals surface area contributed by atoms with Crippen LogP contribution in [0, 0.1) is 0 Å². The molecule has 0 aromatic carbocycles. The molecule has 25 heavy (non-hydrogen) atoms. The Morgan fingerprint density at radius 1 is 1.32 bits per heavy atom. The second kappa shape index (κ2) is 8.19. The first-order valence-corrected chi connectivity index (χ1v) is 9.34. The highest BCUT2D eigenvalue weighted by atomic mass is 32.1. The molecule has 3 rings (SSSR count). The Hall–Kier alpha value is -2.29. The van der Waals surface area contributed by atoms with Gasteiger partial charge in [0.05, 0.1) is 16.9 Å². The Bertz CT molecular complexity index is 736. The summed E-state index contributed by atoms with van der Waals surface area (Å²) in [4.78, 5) is 27.3. The molecular weight excluding hydrogens is 342 g/mol. The van der Waals surface area contributed by atoms with Crippen molar-refractivity contribution in [3.8, 4) is 0 Å². The van der Waals surface area contributed by atoms with Gasteiger partial charge in [-0.25, -0.2) is 14.5 Å². The minimum atomic E-state index is -1.16. The van der Waals surface area contributed by atoms with E-state index in [9.17, 15) is 9.59 Å². The first-order chi connectivity index (χ1) is 12.1. The Morgan fingerprint density at radius 3 is 2.84 bits per heavy atom. The number of carbonyl (C=O) groups excluding carboxylic acids is 1. The number of hydrogen-bond donors (Lipinski definition) is 2. The molecule has 0 aliphatic heterocycles. The summed E-state index contributed by atoms with van der Waals surface area (Å²) in [5, 5.41) is 21.8. The van der Waals surface area contributed by atoms with E-state index < -0.39 is 5.97 Å². The zero-order valence-corrected chi connectivity index (χ0v) is 14.7. The SMILES string of the molecule is O=C(Cn1cc(C(=O)O)nn1)NCCc1nc(C2CCCCC2)cs1. The van der Waals surface area contributed by atoms with Gasteiger partial charge in [-0.15, -0.1) is 16.4 Å². The van der Waals surface area contributed by atoms with Crippen molar-refractivity contribution >= 4 is 23.2 Å². The molecule has 2 aromatic rings. The van der Waals surface area contributed by atoms with Crippen molar-refractivity contribution in [2.24, 2.45) is 0 Å². The lowest BCUT2D eigenvalue weighted by atomic mass is 9.87. The maximum Gasteiger partial charge on any atom is 0.358 e. The van der Waals surface area contributed by atoms with Gasteiger partial charge in [-0.05, 0) is 12.8 Å². The van der Waals surface area contributed by atoms with Gasteiger partial charge in [0.15, 0.2) is 5.69 Å². The second-order valence-corrected chi connectivity index (χ2v) is 7.15. The van der Waals surface area contributed by atoms with E-state index >= 15 is 0 Å². The Labute approximate surface area is 149 Å². The van der Waals surface area contributed by atoms with E-state index in [1.807, 2.05) is 0 Å². The molecule has 8 nitrogen and oxygen atoms in total. The minimum Gasteiger partial charge on any atom is -0.476 e. The fourth-order valence-corrected chi connectivity index (χ4v) is 3.89. The lowest BCUT2D eigenvalue weighted by Gasteiger charge is -2.19. The largest absolute Gasteiger partial charge is 0.476 e. The molecular formula is C16H21N5O3S. The van der Waals surface area contributed by atoms with Crippen molar-refractivity contribution in [1.29, 1.82) is 0 Å². The maximum atomic E-state index is 11.9. The van der Waals surface area contributed by atoms with Gasteiger partial charge in [-0.2, -0.15) is 0 Å². The number of aromatic carboxylic acids is 1. The lowest BCUT2D eigenvalue weighted by Crippen LogP contribution is -2.29. The van der Waals surface area contributed by atoms with E-state index in [0.29, 0.717) is 18.9 Å². The molecule has 0 unspecified atom stereocenters. The highest BCUT2D eigenvalue weighted by molar-refractivity contribution is 7.09. The third-order valence-corrected chi connectivity index (χ3v) is 5.24. The van der Waals surface area contributed by atoms with Crippen LogP contribution in [0.3, 0.4) is 0 Å². The number of carboxylic acids is 1. The van der Waals surface area contributed by atoms with Crippen LogP contribution >= 0.6 is 11.3 Å². The number of nitrogens with one attached hydrogen (secondary N) is 1. The minimum absolute atomic E-state index is 0.0501. The molecule has 0 radical (unpaired) electrons. The average molecular weight is 363 g/mol. The highest BCUT2D eigenvalue weighted by Gasteiger charge is 2.18. The van der Waals surface area contributed by atoms with Crippen LogP contribution in [0.25, 0.3) is 0 Å². The summed E-state index contributed by atoms with van der Waals surface area (Å²) in [6, 6.07) is 0. The summed E-state index contributed by atoms with van der Waals surface area (Å²) in [5.74, 6) is -0.792. The number of hydrogen-bond acceptors (Lipinski definition) is 6. The average Bonchev–Trinajstić information content (AvgIpc) is 3.25. The van der Waals surface area contributed by atoms with Crippen LogP contribution < -0.4 is 5.32 Å². The van der Waals surface area contributed by atoms with E-state index in [1.165, 1.54) is 48.7 Å². The summed E-state index contributed by atoms with van der Waals surface area (Å²) in [5.41, 5.74) is 1.03. The molecule has 1 aliphatic carbocycles. The van der Waals surface area contributed by atoms with Crippen molar-refractivity contribution in [1.82, 2.24) is 25.3 Å². The summed E-state index contributed by atoms with van der Waals surface area (Å²) < 4.78 is 1.21. The molecule has 1 saturated carbocycles. The molecule has 0 saturated heterocycles. The molecule has 1 amide bonds. The van der Waals surface area contributed by atoms with E-state index in [0.717, 1.165) is 5.01 Å². The molecule has 2 N–H and O–H groups in total. The third kappa shape index (κ3) is 4.85. The van der Waals surface area contributed by atoms with Crippen molar-refractivity contribution < 1.29 is 14.7 Å². The standard InChI is InChI=1S/C16H21N5O3S/c22-14(9-21-8-12(16(23)24)19-20-21)17-7-6-15-18-13(10-25-15)11-4-2-1-3-5-11/h8,10-11H,1-7,9H2,(H,17,22)(H,23,24). The zero-order chi connectivity index (χ0) is 17.6. The van der Waals surface area contributed by atoms with Gasteiger partial charge in [-0.1, -0.05) is 24.5 Å². The first kappa shape index (κ1) is 17.5. The maximum absolute atomic E-state index is 11.9. The van der Waals surface area contributed by atoms with E-state index in [4.69, 9.17) is 10.1 Å². The van der Waals surface area contributed by atoms with Gasteiger partial charge in [0.1, 0.15) is 6.54 Å². The normalized spacial score (nSPS) is 15.2. The molecule has 0 atom stereocenters. The Balaban J connectivity index is 1.42. The monoisotopic (exact) mass is 363 g/mol. The van der Waals surface area contributed by atoms with Crippen molar-refractivity contribution in [3.63, 3.8) is 0 Å². The predicted molar refractivity (Wildman–Crippen MR) is 91.6 cm³/mol. The second-order valence-electron chi connectivity index (χ2n) is 6.21. The van der Waals surface area contributed by atoms with Gasteiger partial charge in [0, 0.05) is 24.3 Å². The number of aromatic nitrogens is 4. The van der Waals surface area contributed by atoms with Crippen LogP contribution in [0.1, 0.15) is 59.2 Å². The molecule has 1 aliphatic rings. The van der Waals surface area contributed by atoms with E-state index in [2.05, 4.69) is 21.0 Å². The number of rotatable bonds is 7. The molecule has 2 heterocycles. The van der Waals surface area contributed by atoms with Crippen LogP contribution in [0.2, 0.25) is 0 Å². The predicted octanol–water partition coefficient (Wildman–Crippen LogP) is 1.84. The summed E-state index contributed by atoms with van der Waals surface area (Å²) in [6.07, 6.45) is 8.31. The first-order valence-electron chi connectivity index (χ1n) is 8.46. The summed E-state index contributed by atoms with van der Waals surface area (Å²) in [7, 11) is 0. The van der Waals surface area contributed by atoms with E-state index in [-0.39, 0.29) is 18.1 Å². The van der Waals surface area contributed by atoms with Gasteiger partial charge >= 0.3 is 5.97 Å². The van der Waals surface area contributed by atoms with Gasteiger partial charge in [0.25, 0.3) is 0 Å². The molecule has 134 valence electrons. The molecule has 9 heteroatoms. The molecule has 0 spiro atoms. The quantitative estimate of drug-likeness (QED) is 0.777. The summed E-state index contributed by atoms with van der Waals surface area (Å²) in [6.45, 7) is 0.447. The van der Waals surface area contributed by atoms with Crippen molar-refractivity contribution in [2.45, 2.75) is 51.0 Å². The van der Waals surface area contributed by atoms with Crippen molar-refractivity contribution in [2.75, 3.05) is 6.54 Å². The number of thiazole rings is 1.